The number of carbonyl (C=O) groups is 1. The number of nitrogens with zero attached hydrogens (tertiary/aromatic N) is 1. The Morgan fingerprint density at radius 1 is 1.45 bits per heavy atom. The summed E-state index contributed by atoms with van der Waals surface area (Å²) in [5.41, 5.74) is 0. The lowest BCUT2D eigenvalue weighted by Crippen LogP contribution is -2.56. The number of morpholine rings is 1. The predicted molar refractivity (Wildman–Crippen MR) is 73.1 cm³/mol. The summed E-state index contributed by atoms with van der Waals surface area (Å²) in [4.78, 5) is 14.5. The van der Waals surface area contributed by atoms with Gasteiger partial charge in [0.05, 0.1) is 31.5 Å². The first-order valence-electron chi connectivity index (χ1n) is 7.53. The van der Waals surface area contributed by atoms with Gasteiger partial charge in [0, 0.05) is 12.5 Å². The minimum absolute atomic E-state index is 0.00218. The van der Waals surface area contributed by atoms with Crippen LogP contribution >= 0.6 is 0 Å². The van der Waals surface area contributed by atoms with Crippen LogP contribution in [-0.2, 0) is 14.3 Å². The molecule has 5 heteroatoms. The molecule has 1 amide bonds. The van der Waals surface area contributed by atoms with Crippen molar-refractivity contribution in [2.24, 2.45) is 5.92 Å². The number of hydrogen-bond acceptors (Lipinski definition) is 4. The van der Waals surface area contributed by atoms with Gasteiger partial charge in [0.2, 0.25) is 5.91 Å². The molecule has 0 radical (unpaired) electrons. The maximum absolute atomic E-state index is 12.5. The third-order valence-corrected chi connectivity index (χ3v) is 4.71. The molecular formula is C15H23NO4. The van der Waals surface area contributed by atoms with Gasteiger partial charge in [0.1, 0.15) is 6.10 Å². The number of hydrogen-bond donors (Lipinski definition) is 1. The van der Waals surface area contributed by atoms with Crippen molar-refractivity contribution in [1.29, 1.82) is 0 Å². The van der Waals surface area contributed by atoms with Crippen LogP contribution in [0.1, 0.15) is 25.7 Å². The summed E-state index contributed by atoms with van der Waals surface area (Å²) in [7, 11) is 0. The molecule has 3 aliphatic rings. The van der Waals surface area contributed by atoms with Crippen molar-refractivity contribution >= 4 is 5.91 Å². The van der Waals surface area contributed by atoms with Gasteiger partial charge in [-0.25, -0.2) is 0 Å². The van der Waals surface area contributed by atoms with Crippen LogP contribution in [0, 0.1) is 5.92 Å². The maximum atomic E-state index is 12.5. The van der Waals surface area contributed by atoms with Crippen molar-refractivity contribution in [1.82, 2.24) is 4.90 Å². The van der Waals surface area contributed by atoms with Gasteiger partial charge in [-0.15, -0.1) is 6.58 Å². The van der Waals surface area contributed by atoms with E-state index in [1.54, 1.807) is 6.08 Å². The molecule has 3 atom stereocenters. The van der Waals surface area contributed by atoms with E-state index in [0.29, 0.717) is 32.6 Å². The number of aliphatic hydroxyl groups excluding tert-OH is 1. The Morgan fingerprint density at radius 3 is 2.95 bits per heavy atom. The van der Waals surface area contributed by atoms with E-state index in [0.717, 1.165) is 12.8 Å². The molecule has 2 saturated carbocycles. The maximum Gasteiger partial charge on any atom is 0.226 e. The van der Waals surface area contributed by atoms with Crippen LogP contribution in [0.5, 0.6) is 0 Å². The van der Waals surface area contributed by atoms with E-state index < -0.39 is 0 Å². The molecule has 0 aromatic rings. The van der Waals surface area contributed by atoms with Crippen molar-refractivity contribution in [2.45, 2.75) is 50.0 Å². The lowest BCUT2D eigenvalue weighted by atomic mass is 9.81. The minimum atomic E-state index is -0.284. The normalized spacial score (nSPS) is 40.0. The quantitative estimate of drug-likeness (QED) is 0.771. The minimum Gasteiger partial charge on any atom is -0.393 e. The molecule has 0 aromatic heterocycles. The van der Waals surface area contributed by atoms with E-state index in [9.17, 15) is 9.90 Å². The first-order chi connectivity index (χ1) is 9.70. The van der Waals surface area contributed by atoms with E-state index in [-0.39, 0.29) is 36.2 Å². The molecule has 0 spiro atoms. The van der Waals surface area contributed by atoms with E-state index >= 15 is 0 Å². The fourth-order valence-corrected chi connectivity index (χ4v) is 3.58. The van der Waals surface area contributed by atoms with Crippen LogP contribution in [0.25, 0.3) is 0 Å². The highest BCUT2D eigenvalue weighted by Gasteiger charge is 2.47. The molecule has 1 aliphatic heterocycles. The number of ether oxygens (including phenoxy) is 2. The SMILES string of the molecule is C=CCO[C@@H]1CC[C@H]2[C@H]1OCCN2C(=O)C1CC(O)C1. The smallest absolute Gasteiger partial charge is 0.226 e. The lowest BCUT2D eigenvalue weighted by Gasteiger charge is -2.42. The number of carbonyl (C=O) groups excluding carboxylic acids is 1. The van der Waals surface area contributed by atoms with Gasteiger partial charge in [-0.05, 0) is 25.7 Å². The molecule has 1 saturated heterocycles. The van der Waals surface area contributed by atoms with Gasteiger partial charge in [0.25, 0.3) is 0 Å². The van der Waals surface area contributed by atoms with Gasteiger partial charge >= 0.3 is 0 Å². The Hall–Kier alpha value is -0.910. The van der Waals surface area contributed by atoms with Crippen molar-refractivity contribution in [2.75, 3.05) is 19.8 Å². The molecule has 20 heavy (non-hydrogen) atoms. The summed E-state index contributed by atoms with van der Waals surface area (Å²) in [6, 6.07) is 0.142. The monoisotopic (exact) mass is 281 g/mol. The molecule has 0 bridgehead atoms. The summed E-state index contributed by atoms with van der Waals surface area (Å²) >= 11 is 0. The number of amides is 1. The molecule has 3 fully saturated rings. The predicted octanol–water partition coefficient (Wildman–Crippen LogP) is 0.718. The van der Waals surface area contributed by atoms with Gasteiger partial charge < -0.3 is 19.5 Å². The number of fused-ring (bicyclic) bond motifs is 1. The van der Waals surface area contributed by atoms with Crippen LogP contribution in [0.15, 0.2) is 12.7 Å². The Kier molecular flexibility index (Phi) is 4.10. The lowest BCUT2D eigenvalue weighted by molar-refractivity contribution is -0.160. The van der Waals surface area contributed by atoms with Crippen LogP contribution in [-0.4, -0.2) is 60.0 Å². The fraction of sp³-hybridized carbons (Fsp3) is 0.800. The molecule has 1 heterocycles. The van der Waals surface area contributed by atoms with Crippen molar-refractivity contribution < 1.29 is 19.4 Å². The third kappa shape index (κ3) is 2.50. The fourth-order valence-electron chi connectivity index (χ4n) is 3.58. The second-order valence-electron chi connectivity index (χ2n) is 5.99. The third-order valence-electron chi connectivity index (χ3n) is 4.71. The highest BCUT2D eigenvalue weighted by Crippen LogP contribution is 2.36. The van der Waals surface area contributed by atoms with Gasteiger partial charge in [-0.1, -0.05) is 6.08 Å². The van der Waals surface area contributed by atoms with Gasteiger partial charge in [-0.2, -0.15) is 0 Å². The van der Waals surface area contributed by atoms with E-state index in [1.807, 2.05) is 4.90 Å². The number of rotatable bonds is 4. The molecule has 0 unspecified atom stereocenters. The Labute approximate surface area is 119 Å². The van der Waals surface area contributed by atoms with Gasteiger partial charge in [0.15, 0.2) is 0 Å². The second-order valence-corrected chi connectivity index (χ2v) is 5.99. The van der Waals surface area contributed by atoms with Crippen LogP contribution in [0.2, 0.25) is 0 Å². The second kappa shape index (κ2) is 5.84. The first kappa shape index (κ1) is 14.0. The van der Waals surface area contributed by atoms with Crippen molar-refractivity contribution in [3.05, 3.63) is 12.7 Å². The molecule has 0 aromatic carbocycles. The average Bonchev–Trinajstić information content (AvgIpc) is 2.84. The summed E-state index contributed by atoms with van der Waals surface area (Å²) in [5.74, 6) is 0.204. The van der Waals surface area contributed by atoms with Crippen molar-refractivity contribution in [3.63, 3.8) is 0 Å². The zero-order valence-corrected chi connectivity index (χ0v) is 11.7. The van der Waals surface area contributed by atoms with Gasteiger partial charge in [-0.3, -0.25) is 4.79 Å². The highest BCUT2D eigenvalue weighted by molar-refractivity contribution is 5.80. The van der Waals surface area contributed by atoms with Crippen molar-refractivity contribution in [3.8, 4) is 0 Å². The van der Waals surface area contributed by atoms with Crippen LogP contribution in [0.3, 0.4) is 0 Å². The van der Waals surface area contributed by atoms with E-state index in [4.69, 9.17) is 9.47 Å². The first-order valence-corrected chi connectivity index (χ1v) is 7.53. The Balaban J connectivity index is 1.62. The Morgan fingerprint density at radius 2 is 2.25 bits per heavy atom. The topological polar surface area (TPSA) is 59.0 Å². The molecule has 3 rings (SSSR count). The van der Waals surface area contributed by atoms with E-state index in [1.165, 1.54) is 0 Å². The van der Waals surface area contributed by atoms with Crippen LogP contribution in [0.4, 0.5) is 0 Å². The highest BCUT2D eigenvalue weighted by atomic mass is 16.5. The molecule has 5 nitrogen and oxygen atoms in total. The molecular weight excluding hydrogens is 258 g/mol. The summed E-state index contributed by atoms with van der Waals surface area (Å²) in [5, 5.41) is 9.37. The Bertz CT molecular complexity index is 380. The van der Waals surface area contributed by atoms with E-state index in [2.05, 4.69) is 6.58 Å². The summed E-state index contributed by atoms with van der Waals surface area (Å²) < 4.78 is 11.6. The van der Waals surface area contributed by atoms with Crippen LogP contribution < -0.4 is 0 Å². The zero-order chi connectivity index (χ0) is 14.1. The molecule has 2 aliphatic carbocycles. The molecule has 1 N–H and O–H groups in total. The number of aliphatic hydroxyl groups is 1. The summed E-state index contributed by atoms with van der Waals surface area (Å²) in [6.45, 7) is 5.44. The molecule has 112 valence electrons. The standard InChI is InChI=1S/C15H23NO4/c1-2-6-19-13-4-3-12-14(13)20-7-5-16(12)15(18)10-8-11(17)9-10/h2,10-14,17H,1,3-9H2/t10?,11?,12-,13+,14+/m0/s1. The zero-order valence-electron chi connectivity index (χ0n) is 11.7. The average molecular weight is 281 g/mol. The largest absolute Gasteiger partial charge is 0.393 e. The summed E-state index contributed by atoms with van der Waals surface area (Å²) in [6.07, 6.45) is 4.63.